The number of aryl methyl sites for hydroxylation is 1. The Morgan fingerprint density at radius 2 is 2.20 bits per heavy atom. The van der Waals surface area contributed by atoms with Crippen LogP contribution in [0, 0.1) is 12.8 Å². The van der Waals surface area contributed by atoms with Crippen LogP contribution in [0.3, 0.4) is 0 Å². The predicted molar refractivity (Wildman–Crippen MR) is 95.4 cm³/mol. The summed E-state index contributed by atoms with van der Waals surface area (Å²) in [5, 5.41) is 4.40. The van der Waals surface area contributed by atoms with Gasteiger partial charge in [-0.25, -0.2) is 0 Å². The van der Waals surface area contributed by atoms with E-state index in [0.717, 1.165) is 49.2 Å². The maximum atomic E-state index is 13.2. The number of fused-ring (bicyclic) bond motifs is 1. The van der Waals surface area contributed by atoms with Gasteiger partial charge < -0.3 is 9.64 Å². The first-order valence-corrected chi connectivity index (χ1v) is 9.21. The zero-order valence-corrected chi connectivity index (χ0v) is 14.7. The van der Waals surface area contributed by atoms with Crippen LogP contribution in [0.15, 0.2) is 36.7 Å². The molecule has 5 heteroatoms. The van der Waals surface area contributed by atoms with Crippen LogP contribution >= 0.6 is 0 Å². The van der Waals surface area contributed by atoms with Gasteiger partial charge in [0.15, 0.2) is 0 Å². The lowest BCUT2D eigenvalue weighted by Gasteiger charge is -2.38. The summed E-state index contributed by atoms with van der Waals surface area (Å²) in [6.45, 7) is 4.16. The number of aromatic nitrogens is 2. The lowest BCUT2D eigenvalue weighted by Crippen LogP contribution is -2.50. The molecule has 2 aliphatic heterocycles. The molecule has 0 spiro atoms. The van der Waals surface area contributed by atoms with Gasteiger partial charge in [0.25, 0.3) is 0 Å². The van der Waals surface area contributed by atoms with Crippen molar-refractivity contribution in [2.75, 3.05) is 13.2 Å². The largest absolute Gasteiger partial charge is 0.492 e. The fourth-order valence-electron chi connectivity index (χ4n) is 3.98. The summed E-state index contributed by atoms with van der Waals surface area (Å²) in [4.78, 5) is 15.3. The highest BCUT2D eigenvalue weighted by Gasteiger charge is 2.34. The van der Waals surface area contributed by atoms with Gasteiger partial charge in [-0.15, -0.1) is 0 Å². The highest BCUT2D eigenvalue weighted by molar-refractivity contribution is 5.80. The number of nitrogens with zero attached hydrogens (tertiary/aromatic N) is 3. The highest BCUT2D eigenvalue weighted by Crippen LogP contribution is 2.29. The normalized spacial score (nSPS) is 23.0. The summed E-state index contributed by atoms with van der Waals surface area (Å²) in [6.07, 6.45) is 8.02. The van der Waals surface area contributed by atoms with E-state index in [-0.39, 0.29) is 17.9 Å². The molecule has 1 aromatic heterocycles. The van der Waals surface area contributed by atoms with Crippen LogP contribution in [0.25, 0.3) is 0 Å². The molecule has 132 valence electrons. The van der Waals surface area contributed by atoms with Gasteiger partial charge >= 0.3 is 0 Å². The number of carbonyl (C=O) groups is 1. The number of carbonyl (C=O) groups excluding carboxylic acids is 1. The minimum Gasteiger partial charge on any atom is -0.492 e. The first-order chi connectivity index (χ1) is 12.2. The Balaban J connectivity index is 1.47. The molecule has 0 aliphatic carbocycles. The SMILES string of the molecule is Cc1cnn(C[C@H]2CCCCN2C(=O)[C@@H]2COc3ccccc3C2)c1. The Labute approximate surface area is 148 Å². The van der Waals surface area contributed by atoms with E-state index in [1.165, 1.54) is 6.42 Å². The molecule has 2 aliphatic rings. The number of hydrogen-bond donors (Lipinski definition) is 0. The van der Waals surface area contributed by atoms with E-state index >= 15 is 0 Å². The van der Waals surface area contributed by atoms with Crippen molar-refractivity contribution in [2.45, 2.75) is 45.2 Å². The minimum absolute atomic E-state index is 0.0742. The molecule has 0 bridgehead atoms. The average molecular weight is 339 g/mol. The van der Waals surface area contributed by atoms with Crippen molar-refractivity contribution in [1.82, 2.24) is 14.7 Å². The molecular weight excluding hydrogens is 314 g/mol. The van der Waals surface area contributed by atoms with Gasteiger partial charge in [0.05, 0.1) is 24.7 Å². The third kappa shape index (κ3) is 3.41. The third-order valence-corrected chi connectivity index (χ3v) is 5.30. The smallest absolute Gasteiger partial charge is 0.229 e. The van der Waals surface area contributed by atoms with E-state index in [0.29, 0.717) is 6.61 Å². The molecule has 1 saturated heterocycles. The molecule has 1 fully saturated rings. The third-order valence-electron chi connectivity index (χ3n) is 5.30. The average Bonchev–Trinajstić information content (AvgIpc) is 3.06. The van der Waals surface area contributed by atoms with E-state index in [2.05, 4.69) is 22.3 Å². The maximum Gasteiger partial charge on any atom is 0.229 e. The summed E-state index contributed by atoms with van der Waals surface area (Å²) >= 11 is 0. The van der Waals surface area contributed by atoms with Crippen LogP contribution in [0.2, 0.25) is 0 Å². The standard InChI is InChI=1S/C20H25N3O2/c1-15-11-21-22(12-15)13-18-7-4-5-9-23(18)20(24)17-10-16-6-2-3-8-19(16)25-14-17/h2-3,6,8,11-12,17-18H,4-5,7,9-10,13-14H2,1H3/t17-,18+/m0/s1. The Hall–Kier alpha value is -2.30. The molecule has 25 heavy (non-hydrogen) atoms. The van der Waals surface area contributed by atoms with E-state index in [4.69, 9.17) is 4.74 Å². The zero-order valence-electron chi connectivity index (χ0n) is 14.7. The first kappa shape index (κ1) is 16.2. The van der Waals surface area contributed by atoms with Gasteiger partial charge in [0.2, 0.25) is 5.91 Å². The second-order valence-corrected chi connectivity index (χ2v) is 7.24. The van der Waals surface area contributed by atoms with Crippen molar-refractivity contribution in [2.24, 2.45) is 5.92 Å². The quantitative estimate of drug-likeness (QED) is 0.864. The summed E-state index contributed by atoms with van der Waals surface area (Å²) < 4.78 is 7.81. The number of rotatable bonds is 3. The molecule has 1 aromatic carbocycles. The molecule has 2 aromatic rings. The van der Waals surface area contributed by atoms with Gasteiger partial charge in [0, 0.05) is 12.7 Å². The van der Waals surface area contributed by atoms with E-state index in [1.54, 1.807) is 0 Å². The topological polar surface area (TPSA) is 47.4 Å². The number of likely N-dealkylation sites (tertiary alicyclic amines) is 1. The van der Waals surface area contributed by atoms with E-state index < -0.39 is 0 Å². The van der Waals surface area contributed by atoms with Crippen LogP contribution in [0.1, 0.15) is 30.4 Å². The maximum absolute atomic E-state index is 13.2. The minimum atomic E-state index is -0.0742. The zero-order chi connectivity index (χ0) is 17.2. The first-order valence-electron chi connectivity index (χ1n) is 9.21. The number of benzene rings is 1. The van der Waals surface area contributed by atoms with E-state index in [1.807, 2.05) is 36.0 Å². The van der Waals surface area contributed by atoms with Gasteiger partial charge in [-0.1, -0.05) is 18.2 Å². The Kier molecular flexibility index (Phi) is 4.47. The molecule has 0 saturated carbocycles. The van der Waals surface area contributed by atoms with Crippen molar-refractivity contribution in [3.63, 3.8) is 0 Å². The second kappa shape index (κ2) is 6.90. The van der Waals surface area contributed by atoms with Crippen molar-refractivity contribution in [1.29, 1.82) is 0 Å². The van der Waals surface area contributed by atoms with E-state index in [9.17, 15) is 4.79 Å². The molecule has 3 heterocycles. The number of ether oxygens (including phenoxy) is 1. The number of piperidine rings is 1. The predicted octanol–water partition coefficient (Wildman–Crippen LogP) is 2.82. The second-order valence-electron chi connectivity index (χ2n) is 7.24. The Morgan fingerprint density at radius 3 is 3.04 bits per heavy atom. The number of hydrogen-bond acceptors (Lipinski definition) is 3. The molecule has 2 atom stereocenters. The summed E-state index contributed by atoms with van der Waals surface area (Å²) in [5.74, 6) is 1.09. The summed E-state index contributed by atoms with van der Waals surface area (Å²) in [6, 6.07) is 8.28. The molecule has 1 amide bonds. The van der Waals surface area contributed by atoms with Gasteiger partial charge in [-0.3, -0.25) is 9.48 Å². The highest BCUT2D eigenvalue weighted by atomic mass is 16.5. The molecule has 0 unspecified atom stereocenters. The van der Waals surface area contributed by atoms with Crippen LogP contribution in [0.4, 0.5) is 0 Å². The van der Waals surface area contributed by atoms with Gasteiger partial charge in [0.1, 0.15) is 12.4 Å². The summed E-state index contributed by atoms with van der Waals surface area (Å²) in [5.41, 5.74) is 2.30. The van der Waals surface area contributed by atoms with Gasteiger partial charge in [-0.05, 0) is 49.8 Å². The monoisotopic (exact) mass is 339 g/mol. The van der Waals surface area contributed by atoms with Crippen molar-refractivity contribution < 1.29 is 9.53 Å². The molecule has 0 radical (unpaired) electrons. The van der Waals surface area contributed by atoms with Crippen molar-refractivity contribution in [3.8, 4) is 5.75 Å². The molecule has 5 nitrogen and oxygen atoms in total. The van der Waals surface area contributed by atoms with Crippen LogP contribution in [-0.4, -0.2) is 39.8 Å². The lowest BCUT2D eigenvalue weighted by molar-refractivity contribution is -0.141. The number of amides is 1. The van der Waals surface area contributed by atoms with Gasteiger partial charge in [-0.2, -0.15) is 5.10 Å². The molecule has 0 N–H and O–H groups in total. The van der Waals surface area contributed by atoms with Crippen LogP contribution in [0.5, 0.6) is 5.75 Å². The molecule has 4 rings (SSSR count). The Bertz CT molecular complexity index is 755. The fourth-order valence-corrected chi connectivity index (χ4v) is 3.98. The molecular formula is C20H25N3O2. The number of para-hydroxylation sites is 1. The van der Waals surface area contributed by atoms with Crippen molar-refractivity contribution >= 4 is 5.91 Å². The van der Waals surface area contributed by atoms with Crippen LogP contribution < -0.4 is 4.74 Å². The lowest BCUT2D eigenvalue weighted by atomic mass is 9.93. The summed E-state index contributed by atoms with van der Waals surface area (Å²) in [7, 11) is 0. The van der Waals surface area contributed by atoms with Crippen LogP contribution in [-0.2, 0) is 17.8 Å². The van der Waals surface area contributed by atoms with Crippen molar-refractivity contribution in [3.05, 3.63) is 47.8 Å². The fraction of sp³-hybridized carbons (Fsp3) is 0.500. The Morgan fingerprint density at radius 1 is 1.32 bits per heavy atom.